The van der Waals surface area contributed by atoms with Crippen LogP contribution in [0.3, 0.4) is 0 Å². The maximum atomic E-state index is 11.3. The number of ketones is 1. The Kier molecular flexibility index (Phi) is 3.43. The monoisotopic (exact) mass is 238 g/mol. The molecule has 0 unspecified atom stereocenters. The lowest BCUT2D eigenvalue weighted by Gasteiger charge is -2.01. The third-order valence-electron chi connectivity index (χ3n) is 1.80. The van der Waals surface area contributed by atoms with E-state index in [1.807, 2.05) is 31.2 Å². The number of Topliss-reactive ketones (excluding diaryl/α,β-unsaturated/α-hetero) is 1. The minimum Gasteiger partial charge on any atom is -0.293 e. The van der Waals surface area contributed by atoms with Crippen LogP contribution in [0.4, 0.5) is 0 Å². The summed E-state index contributed by atoms with van der Waals surface area (Å²) in [5.74, 6) is 0.100. The van der Waals surface area contributed by atoms with Crippen molar-refractivity contribution in [2.75, 3.05) is 5.33 Å². The van der Waals surface area contributed by atoms with Gasteiger partial charge in [0, 0.05) is 5.56 Å². The molecule has 0 aliphatic heterocycles. The molecule has 0 fully saturated rings. The van der Waals surface area contributed by atoms with Gasteiger partial charge >= 0.3 is 0 Å². The molecule has 1 rings (SSSR count). The van der Waals surface area contributed by atoms with Crippen molar-refractivity contribution < 1.29 is 4.79 Å². The van der Waals surface area contributed by atoms with E-state index in [0.29, 0.717) is 5.33 Å². The summed E-state index contributed by atoms with van der Waals surface area (Å²) in [4.78, 5) is 11.3. The Morgan fingerprint density at radius 3 is 2.62 bits per heavy atom. The number of carbonyl (C=O) groups excluding carboxylic acids is 1. The van der Waals surface area contributed by atoms with Gasteiger partial charge in [-0.05, 0) is 18.6 Å². The number of halogens is 1. The van der Waals surface area contributed by atoms with Crippen LogP contribution in [-0.2, 0) is 0 Å². The molecule has 1 aromatic carbocycles. The first-order valence-electron chi connectivity index (χ1n) is 4.00. The molecule has 1 aromatic rings. The molecule has 0 aliphatic carbocycles. The van der Waals surface area contributed by atoms with E-state index in [2.05, 4.69) is 22.5 Å². The maximum absolute atomic E-state index is 11.3. The molecule has 68 valence electrons. The largest absolute Gasteiger partial charge is 0.293 e. The van der Waals surface area contributed by atoms with Gasteiger partial charge in [0.1, 0.15) is 0 Å². The van der Waals surface area contributed by atoms with E-state index in [1.165, 1.54) is 0 Å². The lowest BCUT2D eigenvalue weighted by Crippen LogP contribution is -1.99. The predicted octanol–water partition coefficient (Wildman–Crippen LogP) is 3.30. The molecule has 0 amide bonds. The molecule has 0 radical (unpaired) electrons. The molecular formula is C11H11BrO. The average Bonchev–Trinajstić information content (AvgIpc) is 2.17. The number of benzene rings is 1. The van der Waals surface area contributed by atoms with Crippen LogP contribution in [-0.4, -0.2) is 11.1 Å². The van der Waals surface area contributed by atoms with Gasteiger partial charge in [0.2, 0.25) is 0 Å². The summed E-state index contributed by atoms with van der Waals surface area (Å²) in [7, 11) is 0. The van der Waals surface area contributed by atoms with Crippen LogP contribution >= 0.6 is 15.9 Å². The second-order valence-electron chi connectivity index (χ2n) is 2.92. The summed E-state index contributed by atoms with van der Waals surface area (Å²) in [6.07, 6.45) is 0. The fraction of sp³-hybridized carbons (Fsp3) is 0.182. The predicted molar refractivity (Wildman–Crippen MR) is 59.3 cm³/mol. The summed E-state index contributed by atoms with van der Waals surface area (Å²) in [6, 6.07) is 7.51. The van der Waals surface area contributed by atoms with E-state index in [4.69, 9.17) is 0 Å². The zero-order valence-electron chi connectivity index (χ0n) is 7.51. The number of allylic oxidation sites excluding steroid dienone is 1. The van der Waals surface area contributed by atoms with E-state index >= 15 is 0 Å². The Morgan fingerprint density at radius 1 is 1.46 bits per heavy atom. The van der Waals surface area contributed by atoms with Crippen LogP contribution in [0.15, 0.2) is 30.8 Å². The molecular weight excluding hydrogens is 228 g/mol. The highest BCUT2D eigenvalue weighted by Gasteiger charge is 2.03. The highest BCUT2D eigenvalue weighted by atomic mass is 79.9. The molecule has 13 heavy (non-hydrogen) atoms. The van der Waals surface area contributed by atoms with Gasteiger partial charge in [-0.2, -0.15) is 0 Å². The van der Waals surface area contributed by atoms with Crippen LogP contribution in [0.5, 0.6) is 0 Å². The Balaban J connectivity index is 3.05. The van der Waals surface area contributed by atoms with Gasteiger partial charge in [0.05, 0.1) is 5.33 Å². The zero-order chi connectivity index (χ0) is 9.84. The van der Waals surface area contributed by atoms with Gasteiger partial charge in [-0.1, -0.05) is 46.3 Å². The van der Waals surface area contributed by atoms with E-state index < -0.39 is 0 Å². The maximum Gasteiger partial charge on any atom is 0.173 e. The fourth-order valence-electron chi connectivity index (χ4n) is 1.04. The molecule has 0 aliphatic rings. The SMILES string of the molecule is C=C(C)c1cccc(C(=O)CBr)c1. The van der Waals surface area contributed by atoms with Crippen LogP contribution in [0, 0.1) is 0 Å². The summed E-state index contributed by atoms with van der Waals surface area (Å²) in [5.41, 5.74) is 2.73. The molecule has 0 heterocycles. The minimum atomic E-state index is 0.100. The molecule has 0 saturated carbocycles. The summed E-state index contributed by atoms with van der Waals surface area (Å²) in [6.45, 7) is 5.76. The number of carbonyl (C=O) groups is 1. The van der Waals surface area contributed by atoms with Crippen LogP contribution in [0.25, 0.3) is 5.57 Å². The smallest absolute Gasteiger partial charge is 0.173 e. The Bertz CT molecular complexity index is 342. The van der Waals surface area contributed by atoms with Gasteiger partial charge < -0.3 is 0 Å². The molecule has 0 aromatic heterocycles. The van der Waals surface area contributed by atoms with Crippen molar-refractivity contribution >= 4 is 27.3 Å². The van der Waals surface area contributed by atoms with Gasteiger partial charge in [-0.3, -0.25) is 4.79 Å². The summed E-state index contributed by atoms with van der Waals surface area (Å²) >= 11 is 3.14. The fourth-order valence-corrected chi connectivity index (χ4v) is 1.36. The van der Waals surface area contributed by atoms with Gasteiger partial charge in [0.25, 0.3) is 0 Å². The second kappa shape index (κ2) is 4.38. The van der Waals surface area contributed by atoms with E-state index in [1.54, 1.807) is 0 Å². The van der Waals surface area contributed by atoms with Crippen molar-refractivity contribution in [1.29, 1.82) is 0 Å². The molecule has 2 heteroatoms. The van der Waals surface area contributed by atoms with Crippen LogP contribution in [0.1, 0.15) is 22.8 Å². The van der Waals surface area contributed by atoms with Crippen LogP contribution in [0.2, 0.25) is 0 Å². The molecule has 1 nitrogen and oxygen atoms in total. The summed E-state index contributed by atoms with van der Waals surface area (Å²) in [5, 5.41) is 0.368. The standard InChI is InChI=1S/C11H11BrO/c1-8(2)9-4-3-5-10(6-9)11(13)7-12/h3-6H,1,7H2,2H3. The number of hydrogen-bond donors (Lipinski definition) is 0. The van der Waals surface area contributed by atoms with Crippen molar-refractivity contribution in [1.82, 2.24) is 0 Å². The lowest BCUT2D eigenvalue weighted by molar-refractivity contribution is 0.102. The number of alkyl halides is 1. The second-order valence-corrected chi connectivity index (χ2v) is 3.48. The Labute approximate surface area is 86.6 Å². The van der Waals surface area contributed by atoms with Crippen LogP contribution < -0.4 is 0 Å². The number of rotatable bonds is 3. The van der Waals surface area contributed by atoms with E-state index in [0.717, 1.165) is 16.7 Å². The van der Waals surface area contributed by atoms with Crippen molar-refractivity contribution in [2.45, 2.75) is 6.92 Å². The first kappa shape index (κ1) is 10.2. The van der Waals surface area contributed by atoms with Crippen molar-refractivity contribution in [2.24, 2.45) is 0 Å². The first-order valence-corrected chi connectivity index (χ1v) is 5.12. The lowest BCUT2D eigenvalue weighted by atomic mass is 10.0. The van der Waals surface area contributed by atoms with Gasteiger partial charge in [0.15, 0.2) is 5.78 Å². The van der Waals surface area contributed by atoms with Crippen molar-refractivity contribution in [3.63, 3.8) is 0 Å². The quantitative estimate of drug-likeness (QED) is 0.584. The van der Waals surface area contributed by atoms with E-state index in [-0.39, 0.29) is 5.78 Å². The van der Waals surface area contributed by atoms with Crippen molar-refractivity contribution in [3.05, 3.63) is 42.0 Å². The highest BCUT2D eigenvalue weighted by molar-refractivity contribution is 9.09. The third kappa shape index (κ3) is 2.52. The average molecular weight is 239 g/mol. The third-order valence-corrected chi connectivity index (χ3v) is 2.31. The highest BCUT2D eigenvalue weighted by Crippen LogP contribution is 2.14. The van der Waals surface area contributed by atoms with Gasteiger partial charge in [-0.15, -0.1) is 0 Å². The molecule has 0 N–H and O–H groups in total. The minimum absolute atomic E-state index is 0.100. The van der Waals surface area contributed by atoms with Crippen molar-refractivity contribution in [3.8, 4) is 0 Å². The molecule has 0 atom stereocenters. The molecule has 0 spiro atoms. The Morgan fingerprint density at radius 2 is 2.08 bits per heavy atom. The molecule has 0 bridgehead atoms. The number of hydrogen-bond acceptors (Lipinski definition) is 1. The summed E-state index contributed by atoms with van der Waals surface area (Å²) < 4.78 is 0. The normalized spacial score (nSPS) is 9.69. The zero-order valence-corrected chi connectivity index (χ0v) is 9.10. The molecule has 0 saturated heterocycles. The Hall–Kier alpha value is -0.890. The topological polar surface area (TPSA) is 17.1 Å². The van der Waals surface area contributed by atoms with Gasteiger partial charge in [-0.25, -0.2) is 0 Å². The van der Waals surface area contributed by atoms with E-state index in [9.17, 15) is 4.79 Å². The first-order chi connectivity index (χ1) is 6.15.